The lowest BCUT2D eigenvalue weighted by molar-refractivity contribution is 1.36. The lowest BCUT2D eigenvalue weighted by atomic mass is 10.3. The third-order valence-electron chi connectivity index (χ3n) is 0.988. The Labute approximate surface area is 55.7 Å². The Morgan fingerprint density at radius 2 is 2.44 bits per heavy atom. The van der Waals surface area contributed by atoms with Crippen molar-refractivity contribution in [2.45, 2.75) is 6.92 Å². The summed E-state index contributed by atoms with van der Waals surface area (Å²) in [6, 6.07) is 1.81. The molecule has 0 aliphatic heterocycles. The normalized spacial score (nSPS) is 8.89. The van der Waals surface area contributed by atoms with E-state index in [0.29, 0.717) is 0 Å². The van der Waals surface area contributed by atoms with Crippen LogP contribution < -0.4 is 5.56 Å². The third kappa shape index (κ3) is 0.864. The molecule has 0 amide bonds. The van der Waals surface area contributed by atoms with Crippen LogP contribution in [0.25, 0.3) is 0 Å². The van der Waals surface area contributed by atoms with Gasteiger partial charge in [0, 0.05) is 4.88 Å². The van der Waals surface area contributed by atoms with Gasteiger partial charge in [0.05, 0.1) is 0 Å². The first-order valence-electron chi connectivity index (χ1n) is 2.34. The molecular weight excluding hydrogens is 136 g/mol. The molecule has 1 N–H and O–H groups in total. The van der Waals surface area contributed by atoms with Crippen molar-refractivity contribution in [3.05, 3.63) is 20.8 Å². The van der Waals surface area contributed by atoms with Crippen molar-refractivity contribution >= 4 is 11.5 Å². The molecule has 0 aliphatic carbocycles. The molecule has 0 atom stereocenters. The van der Waals surface area contributed by atoms with Crippen molar-refractivity contribution in [1.82, 2.24) is 4.37 Å². The number of hydrogen-bond donors (Lipinski definition) is 1. The Kier molecular flexibility index (Phi) is 1.37. The zero-order valence-electron chi connectivity index (χ0n) is 4.76. The molecule has 0 saturated heterocycles. The molecule has 0 saturated carbocycles. The quantitative estimate of drug-likeness (QED) is 0.574. The van der Waals surface area contributed by atoms with Crippen molar-refractivity contribution in [3.63, 3.8) is 0 Å². The van der Waals surface area contributed by atoms with Crippen LogP contribution in [0.1, 0.15) is 10.4 Å². The maximum Gasteiger partial charge on any atom is 0.276 e. The molecule has 1 aromatic rings. The van der Waals surface area contributed by atoms with Crippen molar-refractivity contribution < 1.29 is 0 Å². The van der Waals surface area contributed by atoms with Crippen LogP contribution in [0.3, 0.4) is 0 Å². The molecule has 1 heterocycles. The first-order valence-corrected chi connectivity index (χ1v) is 3.15. The molecule has 1 rings (SSSR count). The minimum Gasteiger partial charge on any atom is -0.276 e. The van der Waals surface area contributed by atoms with Gasteiger partial charge in [-0.25, -0.2) is 0 Å². The van der Waals surface area contributed by atoms with E-state index in [4.69, 9.17) is 5.26 Å². The van der Waals surface area contributed by atoms with Gasteiger partial charge in [0.25, 0.3) is 5.56 Å². The van der Waals surface area contributed by atoms with Gasteiger partial charge in [0.2, 0.25) is 0 Å². The number of nitriles is 1. The number of hydrogen-bond acceptors (Lipinski definition) is 3. The lowest BCUT2D eigenvalue weighted by Crippen LogP contribution is -2.01. The molecule has 46 valence electrons. The Morgan fingerprint density at radius 1 is 1.78 bits per heavy atom. The van der Waals surface area contributed by atoms with Crippen LogP contribution in [0.5, 0.6) is 0 Å². The predicted molar refractivity (Wildman–Crippen MR) is 34.4 cm³/mol. The van der Waals surface area contributed by atoms with E-state index in [1.165, 1.54) is 11.5 Å². The van der Waals surface area contributed by atoms with Gasteiger partial charge in [0.1, 0.15) is 11.6 Å². The van der Waals surface area contributed by atoms with E-state index in [0.717, 1.165) is 4.88 Å². The van der Waals surface area contributed by atoms with E-state index in [9.17, 15) is 4.79 Å². The average molecular weight is 140 g/mol. The number of nitrogens with one attached hydrogen (secondary N) is 1. The van der Waals surface area contributed by atoms with Gasteiger partial charge in [-0.15, -0.1) is 0 Å². The first-order chi connectivity index (χ1) is 4.25. The van der Waals surface area contributed by atoms with Crippen LogP contribution in [0, 0.1) is 18.3 Å². The van der Waals surface area contributed by atoms with Crippen LogP contribution in [-0.4, -0.2) is 4.37 Å². The van der Waals surface area contributed by atoms with Gasteiger partial charge in [-0.1, -0.05) is 11.5 Å². The van der Waals surface area contributed by atoms with Crippen molar-refractivity contribution in [3.8, 4) is 6.07 Å². The largest absolute Gasteiger partial charge is 0.276 e. The number of nitrogens with zero attached hydrogens (tertiary/aromatic N) is 1. The van der Waals surface area contributed by atoms with E-state index in [1.807, 2.05) is 6.07 Å². The summed E-state index contributed by atoms with van der Waals surface area (Å²) in [7, 11) is 0. The Balaban J connectivity index is 3.46. The Hall–Kier alpha value is -1.08. The fourth-order valence-electron chi connectivity index (χ4n) is 0.514. The highest BCUT2D eigenvalue weighted by Gasteiger charge is 2.02. The minimum absolute atomic E-state index is 0.236. The van der Waals surface area contributed by atoms with E-state index in [1.54, 1.807) is 6.92 Å². The zero-order valence-corrected chi connectivity index (χ0v) is 5.58. The highest BCUT2D eigenvalue weighted by Crippen LogP contribution is 2.03. The summed E-state index contributed by atoms with van der Waals surface area (Å²) in [4.78, 5) is 11.4. The molecule has 0 aliphatic rings. The SMILES string of the molecule is Cc1s[nH]c(=O)c1C#N. The highest BCUT2D eigenvalue weighted by molar-refractivity contribution is 7.05. The van der Waals surface area contributed by atoms with Gasteiger partial charge in [0.15, 0.2) is 0 Å². The smallest absolute Gasteiger partial charge is 0.276 e. The molecule has 0 unspecified atom stereocenters. The summed E-state index contributed by atoms with van der Waals surface area (Å²) < 4.78 is 2.45. The summed E-state index contributed by atoms with van der Waals surface area (Å²) in [5, 5.41) is 8.32. The molecule has 1 aromatic heterocycles. The second kappa shape index (κ2) is 2.03. The van der Waals surface area contributed by atoms with Crippen LogP contribution in [0.15, 0.2) is 4.79 Å². The molecule has 4 heteroatoms. The third-order valence-corrected chi connectivity index (χ3v) is 1.79. The molecule has 0 bridgehead atoms. The molecule has 9 heavy (non-hydrogen) atoms. The number of aromatic amines is 1. The van der Waals surface area contributed by atoms with Crippen LogP contribution in [0.2, 0.25) is 0 Å². The van der Waals surface area contributed by atoms with Crippen LogP contribution >= 0.6 is 11.5 Å². The maximum atomic E-state index is 10.6. The highest BCUT2D eigenvalue weighted by atomic mass is 32.1. The number of H-pyrrole nitrogens is 1. The second-order valence-corrected chi connectivity index (χ2v) is 2.60. The van der Waals surface area contributed by atoms with Crippen LogP contribution in [0.4, 0.5) is 0 Å². The van der Waals surface area contributed by atoms with E-state index in [-0.39, 0.29) is 11.1 Å². The summed E-state index contributed by atoms with van der Waals surface area (Å²) in [5.41, 5.74) is -0.0417. The fourth-order valence-corrected chi connectivity index (χ4v) is 1.10. The molecule has 0 fully saturated rings. The van der Waals surface area contributed by atoms with Crippen molar-refractivity contribution in [1.29, 1.82) is 5.26 Å². The molecule has 3 nitrogen and oxygen atoms in total. The van der Waals surface area contributed by atoms with Gasteiger partial charge >= 0.3 is 0 Å². The summed E-state index contributed by atoms with van der Waals surface area (Å²) in [5.74, 6) is 0. The van der Waals surface area contributed by atoms with Gasteiger partial charge < -0.3 is 0 Å². The minimum atomic E-state index is -0.278. The summed E-state index contributed by atoms with van der Waals surface area (Å²) >= 11 is 1.20. The monoisotopic (exact) mass is 140 g/mol. The van der Waals surface area contributed by atoms with Crippen LogP contribution in [-0.2, 0) is 0 Å². The average Bonchev–Trinajstić information content (AvgIpc) is 2.12. The molecule has 0 aromatic carbocycles. The Bertz CT molecular complexity index is 303. The van der Waals surface area contributed by atoms with Crippen molar-refractivity contribution in [2.75, 3.05) is 0 Å². The van der Waals surface area contributed by atoms with E-state index in [2.05, 4.69) is 4.37 Å². The predicted octanol–water partition coefficient (Wildman–Crippen LogP) is 0.616. The standard InChI is InChI=1S/C5H4N2OS/c1-3-4(2-6)5(8)7-9-3/h1H3,(H,7,8). The second-order valence-electron chi connectivity index (χ2n) is 1.58. The van der Waals surface area contributed by atoms with E-state index >= 15 is 0 Å². The number of aryl methyl sites for hydroxylation is 1. The van der Waals surface area contributed by atoms with Gasteiger partial charge in [-0.05, 0) is 6.92 Å². The number of aromatic nitrogens is 1. The molecule has 0 spiro atoms. The van der Waals surface area contributed by atoms with Gasteiger partial charge in [-0.3, -0.25) is 9.17 Å². The maximum absolute atomic E-state index is 10.6. The van der Waals surface area contributed by atoms with Crippen molar-refractivity contribution in [2.24, 2.45) is 0 Å². The summed E-state index contributed by atoms with van der Waals surface area (Å²) in [6.07, 6.45) is 0. The lowest BCUT2D eigenvalue weighted by Gasteiger charge is -1.73. The zero-order chi connectivity index (χ0) is 6.85. The van der Waals surface area contributed by atoms with E-state index < -0.39 is 0 Å². The molecular formula is C5H4N2OS. The van der Waals surface area contributed by atoms with Gasteiger partial charge in [-0.2, -0.15) is 5.26 Å². The summed E-state index contributed by atoms with van der Waals surface area (Å²) in [6.45, 7) is 1.74. The fraction of sp³-hybridized carbons (Fsp3) is 0.200. The number of rotatable bonds is 0. The first kappa shape index (κ1) is 6.05. The Morgan fingerprint density at radius 3 is 2.67 bits per heavy atom. The topological polar surface area (TPSA) is 56.6 Å². The molecule has 0 radical (unpaired) electrons.